The number of aliphatic hydroxyl groups excluding tert-OH is 1. The Labute approximate surface area is 85.0 Å². The SMILES string of the molecule is CC(CO)CCCNc1nccn1C. The molecule has 4 nitrogen and oxygen atoms in total. The van der Waals surface area contributed by atoms with E-state index in [0.29, 0.717) is 5.92 Å². The summed E-state index contributed by atoms with van der Waals surface area (Å²) >= 11 is 0. The first-order valence-electron chi connectivity index (χ1n) is 5.06. The van der Waals surface area contributed by atoms with Crippen LogP contribution < -0.4 is 5.32 Å². The van der Waals surface area contributed by atoms with Gasteiger partial charge in [-0.15, -0.1) is 0 Å². The van der Waals surface area contributed by atoms with Gasteiger partial charge in [0.05, 0.1) is 0 Å². The van der Waals surface area contributed by atoms with Gasteiger partial charge in [0.15, 0.2) is 0 Å². The molecule has 0 saturated heterocycles. The normalized spacial score (nSPS) is 12.8. The van der Waals surface area contributed by atoms with Gasteiger partial charge in [-0.2, -0.15) is 0 Å². The van der Waals surface area contributed by atoms with Crippen molar-refractivity contribution in [1.82, 2.24) is 9.55 Å². The van der Waals surface area contributed by atoms with E-state index in [9.17, 15) is 0 Å². The number of hydrogen-bond acceptors (Lipinski definition) is 3. The standard InChI is InChI=1S/C10H19N3O/c1-9(8-14)4-3-5-11-10-12-6-7-13(10)2/h6-7,9,14H,3-5,8H2,1-2H3,(H,11,12). The van der Waals surface area contributed by atoms with Crippen LogP contribution in [0.15, 0.2) is 12.4 Å². The van der Waals surface area contributed by atoms with Crippen LogP contribution in [-0.2, 0) is 7.05 Å². The lowest BCUT2D eigenvalue weighted by Crippen LogP contribution is -2.09. The Balaban J connectivity index is 2.13. The number of anilines is 1. The minimum Gasteiger partial charge on any atom is -0.396 e. The summed E-state index contributed by atoms with van der Waals surface area (Å²) in [7, 11) is 1.96. The number of nitrogens with one attached hydrogen (secondary N) is 1. The quantitative estimate of drug-likeness (QED) is 0.675. The molecule has 0 radical (unpaired) electrons. The molecule has 4 heteroatoms. The van der Waals surface area contributed by atoms with Crippen molar-refractivity contribution in [1.29, 1.82) is 0 Å². The molecular weight excluding hydrogens is 178 g/mol. The lowest BCUT2D eigenvalue weighted by Gasteiger charge is -2.08. The molecule has 0 aliphatic carbocycles. The van der Waals surface area contributed by atoms with Crippen LogP contribution >= 0.6 is 0 Å². The number of aliphatic hydroxyl groups is 1. The van der Waals surface area contributed by atoms with Gasteiger partial charge >= 0.3 is 0 Å². The Hall–Kier alpha value is -1.03. The molecule has 1 atom stereocenters. The minimum atomic E-state index is 0.280. The lowest BCUT2D eigenvalue weighted by atomic mass is 10.1. The molecule has 0 aliphatic heterocycles. The number of rotatable bonds is 6. The maximum atomic E-state index is 8.83. The van der Waals surface area contributed by atoms with Gasteiger partial charge in [0.2, 0.25) is 5.95 Å². The molecule has 2 N–H and O–H groups in total. The summed E-state index contributed by atoms with van der Waals surface area (Å²) in [6, 6.07) is 0. The van der Waals surface area contributed by atoms with Gasteiger partial charge in [-0.3, -0.25) is 0 Å². The maximum Gasteiger partial charge on any atom is 0.202 e. The van der Waals surface area contributed by atoms with E-state index in [1.807, 2.05) is 17.8 Å². The van der Waals surface area contributed by atoms with Crippen molar-refractivity contribution >= 4 is 5.95 Å². The van der Waals surface area contributed by atoms with E-state index in [-0.39, 0.29) is 6.61 Å². The van der Waals surface area contributed by atoms with Crippen molar-refractivity contribution in [3.63, 3.8) is 0 Å². The third kappa shape index (κ3) is 3.38. The number of imidazole rings is 1. The Kier molecular flexibility index (Phi) is 4.46. The molecule has 1 heterocycles. The van der Waals surface area contributed by atoms with Crippen LogP contribution in [0.4, 0.5) is 5.95 Å². The van der Waals surface area contributed by atoms with E-state index >= 15 is 0 Å². The summed E-state index contributed by atoms with van der Waals surface area (Å²) < 4.78 is 1.95. The molecule has 0 amide bonds. The molecule has 80 valence electrons. The molecule has 0 fully saturated rings. The Bertz CT molecular complexity index is 260. The van der Waals surface area contributed by atoms with E-state index in [2.05, 4.69) is 17.2 Å². The highest BCUT2D eigenvalue weighted by Gasteiger charge is 2.00. The highest BCUT2D eigenvalue weighted by Crippen LogP contribution is 2.05. The summed E-state index contributed by atoms with van der Waals surface area (Å²) in [5, 5.41) is 12.1. The fourth-order valence-corrected chi connectivity index (χ4v) is 1.28. The Morgan fingerprint density at radius 3 is 3.00 bits per heavy atom. The third-order valence-corrected chi connectivity index (χ3v) is 2.29. The fourth-order valence-electron chi connectivity index (χ4n) is 1.28. The van der Waals surface area contributed by atoms with E-state index in [0.717, 1.165) is 25.3 Å². The van der Waals surface area contributed by atoms with Gasteiger partial charge in [0.25, 0.3) is 0 Å². The van der Waals surface area contributed by atoms with Crippen LogP contribution in [0.2, 0.25) is 0 Å². The molecular formula is C10H19N3O. The molecule has 0 saturated carbocycles. The van der Waals surface area contributed by atoms with Crippen molar-refractivity contribution < 1.29 is 5.11 Å². The average Bonchev–Trinajstić information content (AvgIpc) is 2.58. The van der Waals surface area contributed by atoms with Crippen LogP contribution in [0, 0.1) is 5.92 Å². The van der Waals surface area contributed by atoms with Crippen molar-refractivity contribution in [3.05, 3.63) is 12.4 Å². The van der Waals surface area contributed by atoms with Crippen LogP contribution in [0.1, 0.15) is 19.8 Å². The summed E-state index contributed by atoms with van der Waals surface area (Å²) in [4.78, 5) is 4.16. The number of hydrogen-bond donors (Lipinski definition) is 2. The van der Waals surface area contributed by atoms with Crippen LogP contribution in [0.25, 0.3) is 0 Å². The van der Waals surface area contributed by atoms with Gasteiger partial charge in [0.1, 0.15) is 0 Å². The van der Waals surface area contributed by atoms with Crippen molar-refractivity contribution in [2.75, 3.05) is 18.5 Å². The summed E-state index contributed by atoms with van der Waals surface area (Å²) in [5.74, 6) is 1.31. The van der Waals surface area contributed by atoms with Crippen molar-refractivity contribution in [3.8, 4) is 0 Å². The molecule has 0 aliphatic rings. The van der Waals surface area contributed by atoms with E-state index in [1.165, 1.54) is 0 Å². The second-order valence-corrected chi connectivity index (χ2v) is 3.72. The zero-order chi connectivity index (χ0) is 10.4. The lowest BCUT2D eigenvalue weighted by molar-refractivity contribution is 0.229. The smallest absolute Gasteiger partial charge is 0.202 e. The molecule has 1 aromatic heterocycles. The van der Waals surface area contributed by atoms with Crippen LogP contribution in [0.5, 0.6) is 0 Å². The van der Waals surface area contributed by atoms with E-state index in [1.54, 1.807) is 6.20 Å². The van der Waals surface area contributed by atoms with Gasteiger partial charge in [-0.05, 0) is 18.8 Å². The highest BCUT2D eigenvalue weighted by molar-refractivity contribution is 5.24. The largest absolute Gasteiger partial charge is 0.396 e. The summed E-state index contributed by atoms with van der Waals surface area (Å²) in [6.45, 7) is 3.25. The zero-order valence-corrected chi connectivity index (χ0v) is 8.90. The van der Waals surface area contributed by atoms with Gasteiger partial charge in [-0.25, -0.2) is 4.98 Å². The van der Waals surface area contributed by atoms with Crippen LogP contribution in [0.3, 0.4) is 0 Å². The molecule has 14 heavy (non-hydrogen) atoms. The highest BCUT2D eigenvalue weighted by atomic mass is 16.3. The van der Waals surface area contributed by atoms with Crippen LogP contribution in [-0.4, -0.2) is 27.8 Å². The third-order valence-electron chi connectivity index (χ3n) is 2.29. The minimum absolute atomic E-state index is 0.280. The number of aromatic nitrogens is 2. The predicted octanol–water partition coefficient (Wildman–Crippen LogP) is 1.24. The van der Waals surface area contributed by atoms with Gasteiger partial charge in [-0.1, -0.05) is 6.92 Å². The van der Waals surface area contributed by atoms with E-state index in [4.69, 9.17) is 5.11 Å². The van der Waals surface area contributed by atoms with Gasteiger partial charge in [0, 0.05) is 32.6 Å². The van der Waals surface area contributed by atoms with Gasteiger partial charge < -0.3 is 15.0 Å². The van der Waals surface area contributed by atoms with E-state index < -0.39 is 0 Å². The molecule has 1 aromatic rings. The topological polar surface area (TPSA) is 50.1 Å². The van der Waals surface area contributed by atoms with Crippen molar-refractivity contribution in [2.24, 2.45) is 13.0 Å². The zero-order valence-electron chi connectivity index (χ0n) is 8.90. The molecule has 1 rings (SSSR count). The predicted molar refractivity (Wildman–Crippen MR) is 57.2 cm³/mol. The average molecular weight is 197 g/mol. The fraction of sp³-hybridized carbons (Fsp3) is 0.700. The Morgan fingerprint density at radius 2 is 2.43 bits per heavy atom. The van der Waals surface area contributed by atoms with Crippen molar-refractivity contribution in [2.45, 2.75) is 19.8 Å². The monoisotopic (exact) mass is 197 g/mol. The molecule has 1 unspecified atom stereocenters. The first-order valence-corrected chi connectivity index (χ1v) is 5.06. The summed E-state index contributed by atoms with van der Waals surface area (Å²) in [5.41, 5.74) is 0. The first-order chi connectivity index (χ1) is 6.74. The first kappa shape index (κ1) is 11.0. The second-order valence-electron chi connectivity index (χ2n) is 3.72. The molecule has 0 aromatic carbocycles. The number of aryl methyl sites for hydroxylation is 1. The molecule has 0 bridgehead atoms. The summed E-state index contributed by atoms with van der Waals surface area (Å²) in [6.07, 6.45) is 5.81. The second kappa shape index (κ2) is 5.65. The maximum absolute atomic E-state index is 8.83. The Morgan fingerprint density at radius 1 is 1.64 bits per heavy atom. The molecule has 0 spiro atoms. The number of nitrogens with zero attached hydrogens (tertiary/aromatic N) is 2.